The number of nitrogens with zero attached hydrogens (tertiary/aromatic N) is 1. The molecule has 46 heavy (non-hydrogen) atoms. The molecule has 0 saturated carbocycles. The minimum absolute atomic E-state index is 0.0258. The van der Waals surface area contributed by atoms with Gasteiger partial charge in [0.2, 0.25) is 11.6 Å². The number of rotatable bonds is 18. The zero-order valence-electron chi connectivity index (χ0n) is 25.2. The van der Waals surface area contributed by atoms with E-state index in [1.54, 1.807) is 6.92 Å². The lowest BCUT2D eigenvalue weighted by molar-refractivity contribution is -0.163. The first-order valence-electron chi connectivity index (χ1n) is 13.4. The van der Waals surface area contributed by atoms with Crippen LogP contribution in [0, 0.1) is 17.7 Å². The number of alkyl halides is 7. The highest BCUT2D eigenvalue weighted by molar-refractivity contribution is 6.65. The Morgan fingerprint density at radius 3 is 2.30 bits per heavy atom. The van der Waals surface area contributed by atoms with Crippen LogP contribution in [0.15, 0.2) is 34.9 Å². The summed E-state index contributed by atoms with van der Waals surface area (Å²) < 4.78 is 123. The van der Waals surface area contributed by atoms with Crippen molar-refractivity contribution in [1.82, 2.24) is 10.2 Å². The topological polar surface area (TPSA) is 113 Å². The zero-order valence-corrected chi connectivity index (χ0v) is 28.1. The normalized spacial score (nSPS) is 21.0. The summed E-state index contributed by atoms with van der Waals surface area (Å²) in [4.78, 5) is 29.5. The Balaban J connectivity index is 2.47. The average Bonchev–Trinajstić information content (AvgIpc) is 3.66. The number of ketones is 1. The van der Waals surface area contributed by atoms with E-state index in [0.717, 1.165) is 17.2 Å². The number of carbonyl (C=O) groups is 2. The maximum Gasteiger partial charge on any atom is 0.369 e. The van der Waals surface area contributed by atoms with Crippen LogP contribution >= 0.6 is 23.2 Å². The van der Waals surface area contributed by atoms with Gasteiger partial charge in [-0.15, -0.1) is 0 Å². The van der Waals surface area contributed by atoms with Crippen molar-refractivity contribution in [1.29, 1.82) is 0 Å². The molecule has 1 aromatic rings. The van der Waals surface area contributed by atoms with Crippen LogP contribution in [0.25, 0.3) is 0 Å². The zero-order chi connectivity index (χ0) is 35.4. The lowest BCUT2D eigenvalue weighted by Gasteiger charge is -2.23. The van der Waals surface area contributed by atoms with Gasteiger partial charge in [0.05, 0.1) is 27.7 Å². The van der Waals surface area contributed by atoms with Gasteiger partial charge in [-0.3, -0.25) is 14.9 Å². The highest BCUT2D eigenvalue weighted by Gasteiger charge is 2.75. The van der Waals surface area contributed by atoms with Crippen LogP contribution in [0.3, 0.4) is 0 Å². The minimum Gasteiger partial charge on any atom is -0.411 e. The maximum atomic E-state index is 15.5. The summed E-state index contributed by atoms with van der Waals surface area (Å²) in [5.74, 6) is -12.9. The third-order valence-electron chi connectivity index (χ3n) is 7.36. The highest BCUT2D eigenvalue weighted by atomic mass is 35.5. The van der Waals surface area contributed by atoms with Crippen molar-refractivity contribution in [2.45, 2.75) is 50.4 Å². The monoisotopic (exact) mass is 729 g/mol. The molecule has 0 bridgehead atoms. The molecule has 8 nitrogen and oxygen atoms in total. The van der Waals surface area contributed by atoms with Gasteiger partial charge in [-0.25, -0.2) is 17.6 Å². The summed E-state index contributed by atoms with van der Waals surface area (Å²) in [6, 6.07) is 0.992. The second-order valence-corrected chi connectivity index (χ2v) is 13.7. The molecule has 2 rings (SSSR count). The molecule has 1 aliphatic heterocycles. The largest absolute Gasteiger partial charge is 0.411 e. The average molecular weight is 731 g/mol. The van der Waals surface area contributed by atoms with Gasteiger partial charge in [0.1, 0.15) is 12.6 Å². The Labute approximate surface area is 271 Å². The highest BCUT2D eigenvalue weighted by Crippen LogP contribution is 2.49. The smallest absolute Gasteiger partial charge is 0.369 e. The molecule has 1 aliphatic rings. The number of benzene rings is 1. The molecule has 1 aromatic carbocycles. The first kappa shape index (κ1) is 39.9. The predicted molar refractivity (Wildman–Crippen MR) is 156 cm³/mol. The van der Waals surface area contributed by atoms with E-state index in [1.165, 1.54) is 34.2 Å². The number of halogens is 10. The van der Waals surface area contributed by atoms with Gasteiger partial charge in [0, 0.05) is 32.4 Å². The molecular formula is C27H33Cl2F8N3O5Si. The van der Waals surface area contributed by atoms with Crippen LogP contribution in [0.1, 0.15) is 19.4 Å². The van der Waals surface area contributed by atoms with Crippen molar-refractivity contribution in [3.8, 4) is 0 Å². The van der Waals surface area contributed by atoms with Gasteiger partial charge in [-0.1, -0.05) is 25.4 Å². The number of hydrogen-bond donors (Lipinski definition) is 2. The van der Waals surface area contributed by atoms with Crippen LogP contribution in [0.5, 0.6) is 0 Å². The standard InChI is InChI=1S/C27H33Cl2F8N3O5Si/c1-12(13(2)21-27(37,39-21)26(35,36)23(29)42)6-14-7-16(28)20(17(30)8-14)46-18(10-44-11-43-5)19(45-38)15(9-40(3)4)22(41)25(33,34)24(31)32/h7-9,12-13,21,24,39H,6,10-11,38,46H2,1-5H3. The molecule has 0 aromatic heterocycles. The molecule has 0 aliphatic carbocycles. The van der Waals surface area contributed by atoms with Gasteiger partial charge in [-0.05, 0) is 57.9 Å². The molecule has 260 valence electrons. The van der Waals surface area contributed by atoms with Gasteiger partial charge in [-0.2, -0.15) is 23.5 Å². The summed E-state index contributed by atoms with van der Waals surface area (Å²) in [6.07, 6.45) is -3.55. The fraction of sp³-hybridized carbons (Fsp3) is 0.556. The molecule has 0 radical (unpaired) electrons. The third kappa shape index (κ3) is 8.79. The number of Topliss-reactive ketones (excluding diaryl/α,β-unsaturated/α-hetero) is 1. The molecule has 0 spiro atoms. The molecule has 0 amide bonds. The van der Waals surface area contributed by atoms with Gasteiger partial charge in [0.15, 0.2) is 5.76 Å². The van der Waals surface area contributed by atoms with Crippen molar-refractivity contribution < 1.29 is 59.0 Å². The summed E-state index contributed by atoms with van der Waals surface area (Å²) in [6.45, 7) is 2.19. The van der Waals surface area contributed by atoms with Crippen LogP contribution in [0.4, 0.5) is 35.1 Å². The Morgan fingerprint density at radius 2 is 1.83 bits per heavy atom. The summed E-state index contributed by atoms with van der Waals surface area (Å²) >= 11 is 11.3. The quantitative estimate of drug-likeness (QED) is 0.0201. The Morgan fingerprint density at radius 1 is 1.22 bits per heavy atom. The van der Waals surface area contributed by atoms with E-state index in [1.807, 2.05) is 5.32 Å². The van der Waals surface area contributed by atoms with Crippen LogP contribution < -0.4 is 16.4 Å². The molecule has 3 N–H and O–H groups in total. The minimum atomic E-state index is -5.13. The lowest BCUT2D eigenvalue weighted by Crippen LogP contribution is -2.43. The maximum absolute atomic E-state index is 15.5. The number of nitrogens with one attached hydrogen (secondary N) is 1. The number of carbonyl (C=O) groups excluding carboxylic acids is 2. The molecule has 4 unspecified atom stereocenters. The predicted octanol–water partition coefficient (Wildman–Crippen LogP) is 3.76. The summed E-state index contributed by atoms with van der Waals surface area (Å²) in [5, 5.41) is -0.569. The number of ether oxygens (including phenoxy) is 2. The lowest BCUT2D eigenvalue weighted by atomic mass is 9.85. The van der Waals surface area contributed by atoms with Crippen LogP contribution in [0.2, 0.25) is 5.02 Å². The van der Waals surface area contributed by atoms with Crippen molar-refractivity contribution in [3.05, 3.63) is 51.3 Å². The van der Waals surface area contributed by atoms with E-state index in [9.17, 15) is 40.3 Å². The van der Waals surface area contributed by atoms with Crippen LogP contribution in [-0.4, -0.2) is 90.2 Å². The van der Waals surface area contributed by atoms with Crippen LogP contribution in [-0.2, 0) is 30.3 Å². The number of hydrogen-bond acceptors (Lipinski definition) is 8. The fourth-order valence-corrected chi connectivity index (χ4v) is 6.91. The van der Waals surface area contributed by atoms with E-state index in [0.29, 0.717) is 0 Å². The van der Waals surface area contributed by atoms with Crippen molar-refractivity contribution in [3.63, 3.8) is 0 Å². The van der Waals surface area contributed by atoms with E-state index < -0.39 is 86.2 Å². The first-order valence-corrected chi connectivity index (χ1v) is 15.6. The van der Waals surface area contributed by atoms with E-state index >= 15 is 4.39 Å². The Hall–Kier alpha value is -2.28. The van der Waals surface area contributed by atoms with Crippen molar-refractivity contribution in [2.75, 3.05) is 34.6 Å². The number of methoxy groups -OCH3 is 1. The number of nitrogens with two attached hydrogens (primary N) is 1. The molecule has 1 heterocycles. The second kappa shape index (κ2) is 15.7. The summed E-state index contributed by atoms with van der Waals surface area (Å²) in [7, 11) is 1.63. The van der Waals surface area contributed by atoms with Gasteiger partial charge >= 0.3 is 18.3 Å². The van der Waals surface area contributed by atoms with Crippen molar-refractivity contribution in [2.24, 2.45) is 17.7 Å². The first-order chi connectivity index (χ1) is 21.2. The van der Waals surface area contributed by atoms with Gasteiger partial charge in [0.25, 0.3) is 5.24 Å². The molecule has 4 atom stereocenters. The fourth-order valence-electron chi connectivity index (χ4n) is 4.69. The Kier molecular flexibility index (Phi) is 13.7. The summed E-state index contributed by atoms with van der Waals surface area (Å²) in [5.41, 5.74) is -0.752. The molecular weight excluding hydrogens is 697 g/mol. The molecule has 19 heteroatoms. The van der Waals surface area contributed by atoms with E-state index in [2.05, 4.69) is 0 Å². The third-order valence-corrected chi connectivity index (χ3v) is 10.2. The molecule has 1 saturated heterocycles. The van der Waals surface area contributed by atoms with E-state index in [4.69, 9.17) is 43.4 Å². The number of allylic oxidation sites excluding steroid dienone is 1. The van der Waals surface area contributed by atoms with Crippen molar-refractivity contribution >= 4 is 48.9 Å². The second-order valence-electron chi connectivity index (χ2n) is 11.0. The molecule has 1 fully saturated rings. The van der Waals surface area contributed by atoms with Gasteiger partial charge < -0.3 is 19.2 Å². The Bertz CT molecular complexity index is 1330. The SMILES string of the molecule is COCOCC([SiH2]c1c(F)cc(CC(C)C(C)C2NC2(F)C(F)(F)C(=O)Cl)cc1Cl)=C(ON)C(=CN(C)C)C(=O)C(F)(F)C(F)F. The van der Waals surface area contributed by atoms with E-state index in [-0.39, 0.29) is 34.2 Å².